The molecule has 0 saturated carbocycles. The second-order valence-corrected chi connectivity index (χ2v) is 8.82. The van der Waals surface area contributed by atoms with Crippen LogP contribution in [0.1, 0.15) is 17.5 Å². The van der Waals surface area contributed by atoms with Crippen molar-refractivity contribution < 1.29 is 4.39 Å². The average Bonchev–Trinajstić information content (AvgIpc) is 3.13. The van der Waals surface area contributed by atoms with E-state index in [1.165, 1.54) is 5.57 Å². The van der Waals surface area contributed by atoms with Gasteiger partial charge in [0.1, 0.15) is 5.82 Å². The van der Waals surface area contributed by atoms with Gasteiger partial charge in [0.15, 0.2) is 0 Å². The van der Waals surface area contributed by atoms with Crippen molar-refractivity contribution in [3.63, 3.8) is 0 Å². The lowest BCUT2D eigenvalue weighted by atomic mass is 10.1. The number of piperazine rings is 1. The van der Waals surface area contributed by atoms with E-state index >= 15 is 0 Å². The zero-order valence-electron chi connectivity index (χ0n) is 16.7. The summed E-state index contributed by atoms with van der Waals surface area (Å²) in [5.41, 5.74) is 4.62. The molecule has 0 amide bonds. The molecular weight excluding hydrogens is 408 g/mol. The monoisotopic (exact) mass is 433 g/mol. The molecule has 2 saturated heterocycles. The molecule has 6 heteroatoms. The van der Waals surface area contributed by atoms with Gasteiger partial charge in [-0.1, -0.05) is 40.9 Å². The first-order valence-electron chi connectivity index (χ1n) is 10.1. The molecule has 2 heterocycles. The fourth-order valence-corrected chi connectivity index (χ4v) is 4.41. The number of benzene rings is 2. The zero-order chi connectivity index (χ0) is 20.4. The van der Waals surface area contributed by atoms with Gasteiger partial charge in [0, 0.05) is 57.1 Å². The Balaban J connectivity index is 1.48. The second kappa shape index (κ2) is 9.05. The van der Waals surface area contributed by atoms with Gasteiger partial charge in [-0.05, 0) is 49.4 Å². The van der Waals surface area contributed by atoms with E-state index in [9.17, 15) is 4.39 Å². The number of hydrogen-bond donors (Lipinski definition) is 0. The fraction of sp³-hybridized carbons (Fsp3) is 0.391. The molecule has 0 radical (unpaired) electrons. The second-order valence-electron chi connectivity index (χ2n) is 8.01. The van der Waals surface area contributed by atoms with Crippen LogP contribution in [-0.2, 0) is 6.54 Å². The van der Waals surface area contributed by atoms with Crippen LogP contribution in [0.3, 0.4) is 0 Å². The summed E-state index contributed by atoms with van der Waals surface area (Å²) < 4.78 is 14.0. The Labute approximate surface area is 182 Å². The zero-order valence-corrected chi connectivity index (χ0v) is 18.2. The quantitative estimate of drug-likeness (QED) is 0.657. The van der Waals surface area contributed by atoms with Crippen LogP contribution in [0.5, 0.6) is 0 Å². The van der Waals surface area contributed by atoms with Crippen LogP contribution in [0.25, 0.3) is 6.08 Å². The standard InChI is InChI=1S/C23H26Cl2FN3/c1-27-8-10-29(11-9-27)23-5-3-20(26)14-19(23)12-18-6-7-28(16-18)15-17-2-4-21(24)22(25)13-17/h2-5,12-14H,6-11,15-16H2,1H3. The predicted octanol–water partition coefficient (Wildman–Crippen LogP) is 5.17. The minimum Gasteiger partial charge on any atom is -0.368 e. The molecule has 2 fully saturated rings. The smallest absolute Gasteiger partial charge is 0.123 e. The molecule has 3 nitrogen and oxygen atoms in total. The fourth-order valence-electron chi connectivity index (χ4n) is 4.09. The van der Waals surface area contributed by atoms with Gasteiger partial charge in [0.05, 0.1) is 10.0 Å². The van der Waals surface area contributed by atoms with Crippen LogP contribution in [0.4, 0.5) is 10.1 Å². The van der Waals surface area contributed by atoms with Crippen molar-refractivity contribution in [3.05, 3.63) is 69.0 Å². The molecule has 0 spiro atoms. The summed E-state index contributed by atoms with van der Waals surface area (Å²) in [5.74, 6) is -0.180. The molecule has 0 unspecified atom stereocenters. The van der Waals surface area contributed by atoms with Crippen molar-refractivity contribution in [2.45, 2.75) is 13.0 Å². The number of rotatable bonds is 4. The molecule has 2 aliphatic rings. The number of likely N-dealkylation sites (N-methyl/N-ethyl adjacent to an activating group) is 1. The van der Waals surface area contributed by atoms with Crippen LogP contribution >= 0.6 is 23.2 Å². The molecule has 2 aromatic rings. The molecule has 0 aromatic heterocycles. The highest BCUT2D eigenvalue weighted by Gasteiger charge is 2.20. The third kappa shape index (κ3) is 5.13. The van der Waals surface area contributed by atoms with Crippen LogP contribution in [0, 0.1) is 5.82 Å². The molecule has 0 atom stereocenters. The van der Waals surface area contributed by atoms with Crippen molar-refractivity contribution in [1.29, 1.82) is 0 Å². The Kier molecular flexibility index (Phi) is 6.45. The van der Waals surface area contributed by atoms with Gasteiger partial charge in [0.2, 0.25) is 0 Å². The molecule has 2 aromatic carbocycles. The first-order chi connectivity index (χ1) is 14.0. The Morgan fingerprint density at radius 2 is 1.76 bits per heavy atom. The highest BCUT2D eigenvalue weighted by molar-refractivity contribution is 6.42. The molecule has 0 aliphatic carbocycles. The summed E-state index contributed by atoms with van der Waals surface area (Å²) in [4.78, 5) is 7.09. The van der Waals surface area contributed by atoms with E-state index in [4.69, 9.17) is 23.2 Å². The number of anilines is 1. The van der Waals surface area contributed by atoms with Crippen LogP contribution < -0.4 is 4.90 Å². The van der Waals surface area contributed by atoms with E-state index in [0.29, 0.717) is 10.0 Å². The van der Waals surface area contributed by atoms with E-state index in [-0.39, 0.29) is 5.82 Å². The Morgan fingerprint density at radius 3 is 2.52 bits per heavy atom. The number of hydrogen-bond acceptors (Lipinski definition) is 3. The van der Waals surface area contributed by atoms with Gasteiger partial charge >= 0.3 is 0 Å². The summed E-state index contributed by atoms with van der Waals surface area (Å²) in [5, 5.41) is 1.18. The van der Waals surface area contributed by atoms with E-state index in [0.717, 1.165) is 69.0 Å². The van der Waals surface area contributed by atoms with Crippen molar-refractivity contribution >= 4 is 35.0 Å². The normalized spacial score (nSPS) is 20.0. The summed E-state index contributed by atoms with van der Waals surface area (Å²) >= 11 is 12.2. The topological polar surface area (TPSA) is 9.72 Å². The minimum absolute atomic E-state index is 0.180. The SMILES string of the molecule is CN1CCN(c2ccc(F)cc2C=C2CCN(Cc3ccc(Cl)c(Cl)c3)C2)CC1. The number of halogens is 3. The molecule has 0 bridgehead atoms. The summed E-state index contributed by atoms with van der Waals surface area (Å²) in [6, 6.07) is 11.0. The maximum Gasteiger partial charge on any atom is 0.123 e. The first kappa shape index (κ1) is 20.7. The maximum absolute atomic E-state index is 14.0. The highest BCUT2D eigenvalue weighted by atomic mass is 35.5. The van der Waals surface area contributed by atoms with Crippen molar-refractivity contribution in [1.82, 2.24) is 9.80 Å². The summed E-state index contributed by atoms with van der Waals surface area (Å²) in [6.07, 6.45) is 3.19. The molecule has 2 aliphatic heterocycles. The van der Waals surface area contributed by atoms with E-state index < -0.39 is 0 Å². The minimum atomic E-state index is -0.180. The Hall–Kier alpha value is -1.59. The Bertz CT molecular complexity index is 907. The van der Waals surface area contributed by atoms with Crippen molar-refractivity contribution in [3.8, 4) is 0 Å². The van der Waals surface area contributed by atoms with Gasteiger partial charge in [-0.3, -0.25) is 4.90 Å². The lowest BCUT2D eigenvalue weighted by Gasteiger charge is -2.35. The van der Waals surface area contributed by atoms with E-state index in [1.807, 2.05) is 24.3 Å². The first-order valence-corrected chi connectivity index (χ1v) is 10.8. The van der Waals surface area contributed by atoms with Gasteiger partial charge in [-0.2, -0.15) is 0 Å². The highest BCUT2D eigenvalue weighted by Crippen LogP contribution is 2.29. The predicted molar refractivity (Wildman–Crippen MR) is 120 cm³/mol. The summed E-state index contributed by atoms with van der Waals surface area (Å²) in [7, 11) is 2.14. The van der Waals surface area contributed by atoms with Gasteiger partial charge in [0.25, 0.3) is 0 Å². The van der Waals surface area contributed by atoms with Crippen LogP contribution in [0.2, 0.25) is 10.0 Å². The lowest BCUT2D eigenvalue weighted by molar-refractivity contribution is 0.313. The molecule has 29 heavy (non-hydrogen) atoms. The van der Waals surface area contributed by atoms with Gasteiger partial charge in [-0.25, -0.2) is 4.39 Å². The number of nitrogens with zero attached hydrogens (tertiary/aromatic N) is 3. The third-order valence-corrected chi connectivity index (χ3v) is 6.50. The van der Waals surface area contributed by atoms with Gasteiger partial charge in [-0.15, -0.1) is 0 Å². The molecular formula is C23H26Cl2FN3. The third-order valence-electron chi connectivity index (χ3n) is 5.76. The Morgan fingerprint density at radius 1 is 0.966 bits per heavy atom. The van der Waals surface area contributed by atoms with Gasteiger partial charge < -0.3 is 9.80 Å². The average molecular weight is 434 g/mol. The molecule has 4 rings (SSSR count). The molecule has 154 valence electrons. The summed E-state index contributed by atoms with van der Waals surface area (Å²) in [6.45, 7) is 6.73. The largest absolute Gasteiger partial charge is 0.368 e. The van der Waals surface area contributed by atoms with E-state index in [1.54, 1.807) is 12.1 Å². The van der Waals surface area contributed by atoms with E-state index in [2.05, 4.69) is 27.8 Å². The van der Waals surface area contributed by atoms with Crippen molar-refractivity contribution in [2.24, 2.45) is 0 Å². The lowest BCUT2D eigenvalue weighted by Crippen LogP contribution is -2.44. The van der Waals surface area contributed by atoms with Crippen LogP contribution in [0.15, 0.2) is 42.0 Å². The maximum atomic E-state index is 14.0. The van der Waals surface area contributed by atoms with Crippen molar-refractivity contribution in [2.75, 3.05) is 51.2 Å². The number of likely N-dealkylation sites (tertiary alicyclic amines) is 1. The van der Waals surface area contributed by atoms with Crippen LogP contribution in [-0.4, -0.2) is 56.1 Å². The molecule has 0 N–H and O–H groups in total.